The van der Waals surface area contributed by atoms with Crippen molar-refractivity contribution in [3.63, 3.8) is 0 Å². The van der Waals surface area contributed by atoms with Crippen LogP contribution in [0.4, 0.5) is 0 Å². The second kappa shape index (κ2) is 5.50. The molecule has 0 aliphatic heterocycles. The van der Waals surface area contributed by atoms with Gasteiger partial charge in [0.15, 0.2) is 0 Å². The van der Waals surface area contributed by atoms with Crippen LogP contribution in [0.3, 0.4) is 0 Å². The second-order valence-corrected chi connectivity index (χ2v) is 4.02. The zero-order chi connectivity index (χ0) is 11.2. The Hall–Kier alpha value is -1.56. The van der Waals surface area contributed by atoms with Crippen LogP contribution < -0.4 is 0 Å². The third-order valence-corrected chi connectivity index (χ3v) is 2.75. The fourth-order valence-electron chi connectivity index (χ4n) is 1.84. The molecular weight excluding hydrogens is 192 g/mol. The Morgan fingerprint density at radius 1 is 1.06 bits per heavy atom. The van der Waals surface area contributed by atoms with E-state index in [0.717, 1.165) is 6.42 Å². The number of allylic oxidation sites excluding steroid dienone is 1. The molecule has 0 aromatic heterocycles. The van der Waals surface area contributed by atoms with Gasteiger partial charge in [0, 0.05) is 0 Å². The molecule has 0 aliphatic carbocycles. The van der Waals surface area contributed by atoms with Crippen molar-refractivity contribution in [2.24, 2.45) is 0 Å². The standard InChI is InChI=1S/C16H17/c1-2-3-4-5-9-14-11-8-12-15-10-6-7-13-16(14)15/h5-8,10-13H,2-4H2,1H3. The number of fused-ring (bicyclic) bond motifs is 1. The minimum absolute atomic E-state index is 1.12. The largest absolute Gasteiger partial charge is 0.0760 e. The van der Waals surface area contributed by atoms with Crippen LogP contribution in [0.2, 0.25) is 0 Å². The molecule has 0 heteroatoms. The Labute approximate surface area is 97.6 Å². The first-order valence-electron chi connectivity index (χ1n) is 5.98. The quantitative estimate of drug-likeness (QED) is 0.638. The number of rotatable bonds is 4. The summed E-state index contributed by atoms with van der Waals surface area (Å²) in [5, 5.41) is 2.58. The fourth-order valence-corrected chi connectivity index (χ4v) is 1.84. The first-order valence-corrected chi connectivity index (χ1v) is 5.98. The smallest absolute Gasteiger partial charge is 0.0102 e. The van der Waals surface area contributed by atoms with Crippen molar-refractivity contribution in [1.82, 2.24) is 0 Å². The van der Waals surface area contributed by atoms with E-state index in [0.29, 0.717) is 0 Å². The van der Waals surface area contributed by atoms with Gasteiger partial charge in [-0.1, -0.05) is 68.3 Å². The van der Waals surface area contributed by atoms with Crippen molar-refractivity contribution in [1.29, 1.82) is 0 Å². The first-order chi connectivity index (χ1) is 7.92. The summed E-state index contributed by atoms with van der Waals surface area (Å²) in [6.07, 6.45) is 9.17. The molecular formula is C16H17. The second-order valence-electron chi connectivity index (χ2n) is 4.02. The molecule has 2 rings (SSSR count). The number of hydrogen-bond acceptors (Lipinski definition) is 0. The molecule has 16 heavy (non-hydrogen) atoms. The van der Waals surface area contributed by atoms with Crippen LogP contribution in [0.15, 0.2) is 48.5 Å². The molecule has 0 heterocycles. The minimum atomic E-state index is 1.12. The molecule has 0 saturated carbocycles. The Morgan fingerprint density at radius 3 is 2.75 bits per heavy atom. The average Bonchev–Trinajstić information content (AvgIpc) is 2.35. The van der Waals surface area contributed by atoms with Gasteiger partial charge in [0.05, 0.1) is 0 Å². The molecule has 0 atom stereocenters. The predicted molar refractivity (Wildman–Crippen MR) is 70.4 cm³/mol. The van der Waals surface area contributed by atoms with Crippen LogP contribution in [0.25, 0.3) is 10.8 Å². The van der Waals surface area contributed by atoms with Crippen molar-refractivity contribution in [2.45, 2.75) is 26.2 Å². The average molecular weight is 209 g/mol. The maximum absolute atomic E-state index is 3.40. The Bertz CT molecular complexity index is 475. The molecule has 0 unspecified atom stereocenters. The van der Waals surface area contributed by atoms with E-state index < -0.39 is 0 Å². The Morgan fingerprint density at radius 2 is 1.88 bits per heavy atom. The van der Waals surface area contributed by atoms with Gasteiger partial charge in [0.1, 0.15) is 0 Å². The van der Waals surface area contributed by atoms with Gasteiger partial charge in [-0.05, 0) is 28.8 Å². The molecule has 0 saturated heterocycles. The highest BCUT2D eigenvalue weighted by Crippen LogP contribution is 2.18. The van der Waals surface area contributed by atoms with Crippen LogP contribution in [-0.2, 0) is 0 Å². The number of unbranched alkanes of at least 4 members (excludes halogenated alkanes) is 2. The molecule has 2 aromatic rings. The van der Waals surface area contributed by atoms with Crippen LogP contribution in [0.1, 0.15) is 31.7 Å². The highest BCUT2D eigenvalue weighted by molar-refractivity contribution is 5.86. The Balaban J connectivity index is 2.27. The zero-order valence-corrected chi connectivity index (χ0v) is 9.74. The van der Waals surface area contributed by atoms with Crippen LogP contribution in [-0.4, -0.2) is 0 Å². The fraction of sp³-hybridized carbons (Fsp3) is 0.250. The first kappa shape index (κ1) is 10.9. The summed E-state index contributed by atoms with van der Waals surface area (Å²) in [5.74, 6) is 0. The van der Waals surface area contributed by atoms with Gasteiger partial charge in [-0.2, -0.15) is 0 Å². The molecule has 0 fully saturated rings. The van der Waals surface area contributed by atoms with Crippen molar-refractivity contribution in [3.8, 4) is 0 Å². The molecule has 0 nitrogen and oxygen atoms in total. The van der Waals surface area contributed by atoms with Crippen molar-refractivity contribution >= 4 is 10.8 Å². The minimum Gasteiger partial charge on any atom is -0.0760 e. The van der Waals surface area contributed by atoms with E-state index in [9.17, 15) is 0 Å². The van der Waals surface area contributed by atoms with E-state index >= 15 is 0 Å². The van der Waals surface area contributed by atoms with Gasteiger partial charge >= 0.3 is 0 Å². The summed E-state index contributed by atoms with van der Waals surface area (Å²) in [6, 6.07) is 14.8. The van der Waals surface area contributed by atoms with Gasteiger partial charge in [-0.25, -0.2) is 0 Å². The lowest BCUT2D eigenvalue weighted by molar-refractivity contribution is 0.813. The zero-order valence-electron chi connectivity index (χ0n) is 9.74. The molecule has 0 spiro atoms. The van der Waals surface area contributed by atoms with E-state index in [-0.39, 0.29) is 0 Å². The summed E-state index contributed by atoms with van der Waals surface area (Å²) in [5.41, 5.74) is 1.20. The highest BCUT2D eigenvalue weighted by Gasteiger charge is 1.95. The van der Waals surface area contributed by atoms with E-state index in [1.54, 1.807) is 0 Å². The number of benzene rings is 2. The van der Waals surface area contributed by atoms with Crippen LogP contribution in [0, 0.1) is 6.08 Å². The van der Waals surface area contributed by atoms with Crippen molar-refractivity contribution < 1.29 is 0 Å². The summed E-state index contributed by atoms with van der Waals surface area (Å²) in [7, 11) is 0. The summed E-state index contributed by atoms with van der Waals surface area (Å²) >= 11 is 0. The van der Waals surface area contributed by atoms with Crippen molar-refractivity contribution in [3.05, 3.63) is 60.2 Å². The summed E-state index contributed by atoms with van der Waals surface area (Å²) in [4.78, 5) is 0. The maximum atomic E-state index is 3.40. The summed E-state index contributed by atoms with van der Waals surface area (Å²) in [6.45, 7) is 2.21. The normalized spacial score (nSPS) is 11.3. The lowest BCUT2D eigenvalue weighted by atomic mass is 10.0. The van der Waals surface area contributed by atoms with E-state index in [2.05, 4.69) is 61.5 Å². The third kappa shape index (κ3) is 2.52. The number of hydrogen-bond donors (Lipinski definition) is 0. The maximum Gasteiger partial charge on any atom is -0.0102 e. The monoisotopic (exact) mass is 209 g/mol. The van der Waals surface area contributed by atoms with Crippen LogP contribution >= 0.6 is 0 Å². The molecule has 81 valence electrons. The van der Waals surface area contributed by atoms with Gasteiger partial charge < -0.3 is 0 Å². The van der Waals surface area contributed by atoms with Gasteiger partial charge in [0.2, 0.25) is 0 Å². The molecule has 0 bridgehead atoms. The lowest BCUT2D eigenvalue weighted by Gasteiger charge is -2.00. The van der Waals surface area contributed by atoms with Gasteiger partial charge in [-0.3, -0.25) is 0 Å². The SMILES string of the molecule is CCCC/C=[C]\c1cccc2ccccc12. The van der Waals surface area contributed by atoms with Crippen molar-refractivity contribution in [2.75, 3.05) is 0 Å². The topological polar surface area (TPSA) is 0 Å². The highest BCUT2D eigenvalue weighted by atomic mass is 14.0. The molecule has 1 radical (unpaired) electrons. The van der Waals surface area contributed by atoms with Crippen LogP contribution in [0.5, 0.6) is 0 Å². The van der Waals surface area contributed by atoms with Gasteiger partial charge in [-0.15, -0.1) is 0 Å². The molecule has 0 N–H and O–H groups in total. The predicted octanol–water partition coefficient (Wildman–Crippen LogP) is 4.74. The third-order valence-electron chi connectivity index (χ3n) is 2.75. The van der Waals surface area contributed by atoms with E-state index in [4.69, 9.17) is 0 Å². The van der Waals surface area contributed by atoms with E-state index in [1.165, 1.54) is 29.2 Å². The molecule has 0 amide bonds. The van der Waals surface area contributed by atoms with Gasteiger partial charge in [0.25, 0.3) is 0 Å². The van der Waals surface area contributed by atoms with E-state index in [1.807, 2.05) is 0 Å². The lowest BCUT2D eigenvalue weighted by Crippen LogP contribution is -1.79. The Kier molecular flexibility index (Phi) is 3.76. The molecule has 2 aromatic carbocycles. The molecule has 0 aliphatic rings. The summed E-state index contributed by atoms with van der Waals surface area (Å²) < 4.78 is 0.